The van der Waals surface area contributed by atoms with Crippen LogP contribution in [0.15, 0.2) is 11.6 Å². The molecule has 4 aliphatic carbocycles. The van der Waals surface area contributed by atoms with Crippen LogP contribution in [0.1, 0.15) is 51.9 Å². The molecule has 0 heterocycles. The normalized spacial score (nSPS) is 44.9. The van der Waals surface area contributed by atoms with Gasteiger partial charge in [0.1, 0.15) is 5.78 Å². The van der Waals surface area contributed by atoms with Gasteiger partial charge in [0, 0.05) is 30.3 Å². The quantitative estimate of drug-likeness (QED) is 0.736. The first-order valence-corrected chi connectivity index (χ1v) is 8.90. The minimum atomic E-state index is -2.64. The van der Waals surface area contributed by atoms with Crippen LogP contribution < -0.4 is 0 Å². The second-order valence-electron chi connectivity index (χ2n) is 8.29. The van der Waals surface area contributed by atoms with Crippen LogP contribution in [0.4, 0.5) is 8.78 Å². The Morgan fingerprint density at radius 1 is 1.08 bits per heavy atom. The van der Waals surface area contributed by atoms with Gasteiger partial charge in [-0.15, -0.1) is 0 Å². The van der Waals surface area contributed by atoms with Crippen molar-refractivity contribution in [3.63, 3.8) is 0 Å². The zero-order valence-corrected chi connectivity index (χ0v) is 13.8. The lowest BCUT2D eigenvalue weighted by Gasteiger charge is -2.56. The molecule has 5 atom stereocenters. The molecule has 0 bridgehead atoms. The lowest BCUT2D eigenvalue weighted by molar-refractivity contribution is -0.150. The van der Waals surface area contributed by atoms with Gasteiger partial charge in [0.25, 0.3) is 0 Å². The summed E-state index contributed by atoms with van der Waals surface area (Å²) in [5, 5.41) is 0. The van der Waals surface area contributed by atoms with Crippen molar-refractivity contribution in [1.29, 1.82) is 0 Å². The summed E-state index contributed by atoms with van der Waals surface area (Å²) in [6, 6.07) is 0. The number of hydrogen-bond donors (Lipinski definition) is 0. The van der Waals surface area contributed by atoms with Crippen molar-refractivity contribution < 1.29 is 23.2 Å². The molecule has 130 valence electrons. The highest BCUT2D eigenvalue weighted by molar-refractivity contribution is 6.06. The molecular formula is C19H22F2O3. The second-order valence-corrected chi connectivity index (χ2v) is 8.29. The maximum atomic E-state index is 14.3. The molecule has 4 aliphatic rings. The van der Waals surface area contributed by atoms with Gasteiger partial charge >= 0.3 is 0 Å². The monoisotopic (exact) mass is 336 g/mol. The molecule has 3 unspecified atom stereocenters. The van der Waals surface area contributed by atoms with E-state index in [1.54, 1.807) is 0 Å². The second kappa shape index (κ2) is 5.06. The van der Waals surface area contributed by atoms with E-state index in [4.69, 9.17) is 0 Å². The van der Waals surface area contributed by atoms with Crippen LogP contribution in [0.2, 0.25) is 0 Å². The van der Waals surface area contributed by atoms with E-state index in [9.17, 15) is 23.2 Å². The van der Waals surface area contributed by atoms with Crippen molar-refractivity contribution >= 4 is 17.3 Å². The first kappa shape index (κ1) is 16.1. The Morgan fingerprint density at radius 2 is 1.83 bits per heavy atom. The van der Waals surface area contributed by atoms with E-state index >= 15 is 0 Å². The minimum absolute atomic E-state index is 0.0301. The van der Waals surface area contributed by atoms with Gasteiger partial charge in [-0.05, 0) is 49.5 Å². The number of rotatable bonds is 1. The molecule has 0 aromatic rings. The molecule has 0 amide bonds. The summed E-state index contributed by atoms with van der Waals surface area (Å²) < 4.78 is 28.5. The van der Waals surface area contributed by atoms with Gasteiger partial charge in [-0.1, -0.05) is 6.92 Å². The molecule has 0 spiro atoms. The zero-order chi connectivity index (χ0) is 17.3. The van der Waals surface area contributed by atoms with Gasteiger partial charge < -0.3 is 0 Å². The Balaban J connectivity index is 1.82. The van der Waals surface area contributed by atoms with Gasteiger partial charge in [0.2, 0.25) is 6.43 Å². The number of hydrogen-bond acceptors (Lipinski definition) is 3. The smallest absolute Gasteiger partial charge is 0.248 e. The highest BCUT2D eigenvalue weighted by Gasteiger charge is 2.64. The lowest BCUT2D eigenvalue weighted by Crippen LogP contribution is -2.56. The predicted octanol–water partition coefficient (Wildman–Crippen LogP) is 3.51. The van der Waals surface area contributed by atoms with E-state index in [0.29, 0.717) is 25.7 Å². The van der Waals surface area contributed by atoms with Gasteiger partial charge in [-0.3, -0.25) is 14.4 Å². The van der Waals surface area contributed by atoms with Crippen molar-refractivity contribution in [1.82, 2.24) is 0 Å². The summed E-state index contributed by atoms with van der Waals surface area (Å²) in [4.78, 5) is 36.8. The van der Waals surface area contributed by atoms with E-state index in [-0.39, 0.29) is 59.9 Å². The fraction of sp³-hybridized carbons (Fsp3) is 0.737. The maximum absolute atomic E-state index is 14.3. The third kappa shape index (κ3) is 1.84. The molecule has 5 heteroatoms. The van der Waals surface area contributed by atoms with Gasteiger partial charge in [-0.25, -0.2) is 8.78 Å². The average molecular weight is 336 g/mol. The van der Waals surface area contributed by atoms with E-state index < -0.39 is 17.3 Å². The van der Waals surface area contributed by atoms with Gasteiger partial charge in [0.15, 0.2) is 11.6 Å². The van der Waals surface area contributed by atoms with Crippen LogP contribution in [0.3, 0.4) is 0 Å². The molecule has 0 saturated heterocycles. The Labute approximate surface area is 139 Å². The highest BCUT2D eigenvalue weighted by Crippen LogP contribution is 2.65. The molecule has 4 rings (SSSR count). The summed E-state index contributed by atoms with van der Waals surface area (Å²) in [5.41, 5.74) is -1.85. The van der Waals surface area contributed by atoms with E-state index in [1.807, 2.05) is 6.92 Å². The number of fused-ring (bicyclic) bond motifs is 5. The molecule has 3 nitrogen and oxygen atoms in total. The van der Waals surface area contributed by atoms with Crippen molar-refractivity contribution in [2.24, 2.45) is 28.6 Å². The molecule has 0 aromatic heterocycles. The molecule has 24 heavy (non-hydrogen) atoms. The average Bonchev–Trinajstić information content (AvgIpc) is 2.83. The zero-order valence-electron chi connectivity index (χ0n) is 13.8. The Bertz CT molecular complexity index is 668. The van der Waals surface area contributed by atoms with Crippen LogP contribution in [-0.2, 0) is 14.4 Å². The molecule has 0 radical (unpaired) electrons. The molecule has 3 fully saturated rings. The molecule has 0 N–H and O–H groups in total. The van der Waals surface area contributed by atoms with E-state index in [2.05, 4.69) is 0 Å². The lowest BCUT2D eigenvalue weighted by atomic mass is 9.46. The summed E-state index contributed by atoms with van der Waals surface area (Å²) in [6.07, 6.45) is 1.31. The van der Waals surface area contributed by atoms with Crippen molar-refractivity contribution in [2.45, 2.75) is 58.3 Å². The summed E-state index contributed by atoms with van der Waals surface area (Å²) in [5.74, 6) is -0.703. The van der Waals surface area contributed by atoms with Crippen LogP contribution in [0.25, 0.3) is 0 Å². The van der Waals surface area contributed by atoms with E-state index in [1.165, 1.54) is 6.08 Å². The van der Waals surface area contributed by atoms with Crippen LogP contribution >= 0.6 is 0 Å². The van der Waals surface area contributed by atoms with Gasteiger partial charge in [-0.2, -0.15) is 0 Å². The molecular weight excluding hydrogens is 314 g/mol. The summed E-state index contributed by atoms with van der Waals surface area (Å²) in [6.45, 7) is 1.96. The minimum Gasteiger partial charge on any atom is -0.299 e. The third-order valence-electron chi connectivity index (χ3n) is 7.51. The highest BCUT2D eigenvalue weighted by atomic mass is 19.3. The topological polar surface area (TPSA) is 51.2 Å². The van der Waals surface area contributed by atoms with Crippen molar-refractivity contribution in [3.8, 4) is 0 Å². The molecule has 3 saturated carbocycles. The number of carbonyl (C=O) groups excluding carboxylic acids is 3. The Hall–Kier alpha value is -1.39. The standard InChI is InChI=1S/C19H22F2O3/c1-18-6-5-13-11(12(18)2-3-16(18)24)9-15(23)14-8-10(22)4-7-19(13,14)17(20)21/h8,11-13,17H,2-7,9H2,1H3/t11?,12?,13?,18-,19-/m0/s1. The summed E-state index contributed by atoms with van der Waals surface area (Å²) in [7, 11) is 0. The van der Waals surface area contributed by atoms with E-state index in [0.717, 1.165) is 0 Å². The number of carbonyl (C=O) groups is 3. The summed E-state index contributed by atoms with van der Waals surface area (Å²) >= 11 is 0. The predicted molar refractivity (Wildman–Crippen MR) is 82.4 cm³/mol. The number of Topliss-reactive ketones (excluding diaryl/α,β-unsaturated/α-hetero) is 2. The number of alkyl halides is 2. The third-order valence-corrected chi connectivity index (χ3v) is 7.51. The first-order valence-electron chi connectivity index (χ1n) is 8.90. The van der Waals surface area contributed by atoms with Gasteiger partial charge in [0.05, 0.1) is 5.41 Å². The van der Waals surface area contributed by atoms with Crippen LogP contribution in [0, 0.1) is 28.6 Å². The molecule has 0 aromatic carbocycles. The Kier molecular flexibility index (Phi) is 3.39. The molecule has 0 aliphatic heterocycles. The van der Waals surface area contributed by atoms with Crippen LogP contribution in [0.5, 0.6) is 0 Å². The SMILES string of the molecule is C[C@]12CCC3C(CC(=O)C4=CC(=O)CC[C@@]43C(F)F)C1CCC2=O. The van der Waals surface area contributed by atoms with Crippen molar-refractivity contribution in [2.75, 3.05) is 0 Å². The Morgan fingerprint density at radius 3 is 2.54 bits per heavy atom. The number of ketones is 3. The maximum Gasteiger partial charge on any atom is 0.248 e. The number of allylic oxidation sites excluding steroid dienone is 1. The van der Waals surface area contributed by atoms with Crippen LogP contribution in [-0.4, -0.2) is 23.8 Å². The van der Waals surface area contributed by atoms with Crippen molar-refractivity contribution in [3.05, 3.63) is 11.6 Å². The number of halogens is 2. The fourth-order valence-corrected chi connectivity index (χ4v) is 6.25. The first-order chi connectivity index (χ1) is 11.3. The largest absolute Gasteiger partial charge is 0.299 e. The fourth-order valence-electron chi connectivity index (χ4n) is 6.25.